The second kappa shape index (κ2) is 5.84. The van der Waals surface area contributed by atoms with Gasteiger partial charge < -0.3 is 15.4 Å². The highest BCUT2D eigenvalue weighted by Gasteiger charge is 2.23. The molecule has 6 heteroatoms. The van der Waals surface area contributed by atoms with Gasteiger partial charge in [-0.1, -0.05) is 12.8 Å². The van der Waals surface area contributed by atoms with E-state index in [0.29, 0.717) is 30.6 Å². The number of rotatable bonds is 7. The van der Waals surface area contributed by atoms with Crippen molar-refractivity contribution < 1.29 is 4.74 Å². The first-order chi connectivity index (χ1) is 8.71. The summed E-state index contributed by atoms with van der Waals surface area (Å²) in [7, 11) is 1.78. The van der Waals surface area contributed by atoms with Crippen LogP contribution in [0.2, 0.25) is 0 Å². The second-order valence-corrected chi connectivity index (χ2v) is 4.67. The van der Waals surface area contributed by atoms with Gasteiger partial charge in [-0.15, -0.1) is 0 Å². The van der Waals surface area contributed by atoms with Gasteiger partial charge in [0.05, 0.1) is 6.61 Å². The summed E-state index contributed by atoms with van der Waals surface area (Å²) in [5, 5.41) is 6.21. The molecule has 0 amide bonds. The van der Waals surface area contributed by atoms with Crippen LogP contribution in [0.1, 0.15) is 33.1 Å². The molecule has 2 N–H and O–H groups in total. The van der Waals surface area contributed by atoms with E-state index in [2.05, 4.69) is 32.5 Å². The van der Waals surface area contributed by atoms with Crippen LogP contribution in [0.4, 0.5) is 11.9 Å². The maximum atomic E-state index is 5.32. The van der Waals surface area contributed by atoms with Gasteiger partial charge >= 0.3 is 6.01 Å². The Morgan fingerprint density at radius 1 is 1.28 bits per heavy atom. The highest BCUT2D eigenvalue weighted by atomic mass is 16.5. The Kier molecular flexibility index (Phi) is 4.17. The third kappa shape index (κ3) is 3.72. The fraction of sp³-hybridized carbons (Fsp3) is 0.750. The van der Waals surface area contributed by atoms with Crippen molar-refractivity contribution in [3.63, 3.8) is 0 Å². The van der Waals surface area contributed by atoms with Crippen molar-refractivity contribution in [2.75, 3.05) is 24.3 Å². The van der Waals surface area contributed by atoms with Crippen molar-refractivity contribution in [2.24, 2.45) is 5.92 Å². The maximum Gasteiger partial charge on any atom is 0.323 e. The molecule has 1 aliphatic carbocycles. The Balaban J connectivity index is 2.02. The fourth-order valence-corrected chi connectivity index (χ4v) is 1.86. The highest BCUT2D eigenvalue weighted by molar-refractivity contribution is 5.35. The predicted octanol–water partition coefficient (Wildman–Crippen LogP) is 1.91. The third-order valence-corrected chi connectivity index (χ3v) is 2.87. The Morgan fingerprint density at radius 2 is 2.00 bits per heavy atom. The smallest absolute Gasteiger partial charge is 0.323 e. The summed E-state index contributed by atoms with van der Waals surface area (Å²) in [4.78, 5) is 12.6. The Labute approximate surface area is 108 Å². The lowest BCUT2D eigenvalue weighted by Crippen LogP contribution is -2.19. The van der Waals surface area contributed by atoms with Crippen LogP contribution in [-0.4, -0.2) is 34.6 Å². The zero-order valence-corrected chi connectivity index (χ0v) is 11.2. The number of aromatic nitrogens is 3. The molecule has 18 heavy (non-hydrogen) atoms. The molecule has 6 nitrogen and oxygen atoms in total. The molecule has 100 valence electrons. The SMILES string of the molecule is CCOc1nc(NC)nc(NC(C)CC2CC2)n1. The van der Waals surface area contributed by atoms with E-state index in [-0.39, 0.29) is 0 Å². The summed E-state index contributed by atoms with van der Waals surface area (Å²) in [6, 6.07) is 0.733. The van der Waals surface area contributed by atoms with Crippen LogP contribution < -0.4 is 15.4 Å². The summed E-state index contributed by atoms with van der Waals surface area (Å²) in [5.41, 5.74) is 0. The monoisotopic (exact) mass is 251 g/mol. The minimum atomic E-state index is 0.359. The first-order valence-corrected chi connectivity index (χ1v) is 6.54. The molecule has 1 aromatic rings. The van der Waals surface area contributed by atoms with Crippen LogP contribution in [-0.2, 0) is 0 Å². The molecule has 1 saturated carbocycles. The van der Waals surface area contributed by atoms with Crippen LogP contribution in [0.25, 0.3) is 0 Å². The predicted molar refractivity (Wildman–Crippen MR) is 71.0 cm³/mol. The zero-order valence-electron chi connectivity index (χ0n) is 11.2. The molecule has 1 aliphatic rings. The lowest BCUT2D eigenvalue weighted by Gasteiger charge is -2.14. The number of nitrogens with one attached hydrogen (secondary N) is 2. The van der Waals surface area contributed by atoms with Crippen molar-refractivity contribution in [1.82, 2.24) is 15.0 Å². The van der Waals surface area contributed by atoms with Crippen LogP contribution in [0.3, 0.4) is 0 Å². The largest absolute Gasteiger partial charge is 0.464 e. The van der Waals surface area contributed by atoms with Gasteiger partial charge in [-0.05, 0) is 26.2 Å². The molecule has 0 bridgehead atoms. The molecule has 0 aliphatic heterocycles. The Hall–Kier alpha value is -1.59. The summed E-state index contributed by atoms with van der Waals surface area (Å²) >= 11 is 0. The van der Waals surface area contributed by atoms with Crippen LogP contribution in [0.15, 0.2) is 0 Å². The molecule has 1 atom stereocenters. The molecule has 0 spiro atoms. The Bertz CT molecular complexity index is 394. The maximum absolute atomic E-state index is 5.32. The second-order valence-electron chi connectivity index (χ2n) is 4.67. The zero-order chi connectivity index (χ0) is 13.0. The van der Waals surface area contributed by atoms with Crippen molar-refractivity contribution >= 4 is 11.9 Å². The summed E-state index contributed by atoms with van der Waals surface area (Å²) in [6.45, 7) is 4.61. The molecule has 1 aromatic heterocycles. The van der Waals surface area contributed by atoms with Crippen molar-refractivity contribution in [3.8, 4) is 6.01 Å². The molecule has 0 aromatic carbocycles. The summed E-state index contributed by atoms with van der Waals surface area (Å²) in [6.07, 6.45) is 3.88. The standard InChI is InChI=1S/C12H21N5O/c1-4-18-12-16-10(13-3)15-11(17-12)14-8(2)7-9-5-6-9/h8-9H,4-7H2,1-3H3,(H2,13,14,15,16,17). The fourth-order valence-electron chi connectivity index (χ4n) is 1.86. The Morgan fingerprint density at radius 3 is 2.61 bits per heavy atom. The molecule has 1 fully saturated rings. The van der Waals surface area contributed by atoms with Gasteiger partial charge in [0.2, 0.25) is 11.9 Å². The highest BCUT2D eigenvalue weighted by Crippen LogP contribution is 2.33. The van der Waals surface area contributed by atoms with E-state index in [0.717, 1.165) is 5.92 Å². The van der Waals surface area contributed by atoms with Gasteiger partial charge in [0.25, 0.3) is 0 Å². The van der Waals surface area contributed by atoms with E-state index in [1.54, 1.807) is 7.05 Å². The average Bonchev–Trinajstić information content (AvgIpc) is 3.12. The van der Waals surface area contributed by atoms with E-state index >= 15 is 0 Å². The van der Waals surface area contributed by atoms with E-state index in [9.17, 15) is 0 Å². The first-order valence-electron chi connectivity index (χ1n) is 6.54. The number of nitrogens with zero attached hydrogens (tertiary/aromatic N) is 3. The van der Waals surface area contributed by atoms with Crippen LogP contribution in [0, 0.1) is 5.92 Å². The molecule has 1 heterocycles. The van der Waals surface area contributed by atoms with E-state index in [4.69, 9.17) is 4.74 Å². The van der Waals surface area contributed by atoms with E-state index in [1.807, 2.05) is 6.92 Å². The van der Waals surface area contributed by atoms with E-state index < -0.39 is 0 Å². The average molecular weight is 251 g/mol. The first kappa shape index (κ1) is 12.9. The van der Waals surface area contributed by atoms with Crippen molar-refractivity contribution in [1.29, 1.82) is 0 Å². The van der Waals surface area contributed by atoms with Crippen LogP contribution in [0.5, 0.6) is 6.01 Å². The number of hydrogen-bond acceptors (Lipinski definition) is 6. The third-order valence-electron chi connectivity index (χ3n) is 2.87. The normalized spacial score (nSPS) is 16.2. The van der Waals surface area contributed by atoms with Gasteiger partial charge in [-0.3, -0.25) is 0 Å². The minimum absolute atomic E-state index is 0.359. The van der Waals surface area contributed by atoms with Crippen molar-refractivity contribution in [2.45, 2.75) is 39.2 Å². The van der Waals surface area contributed by atoms with Gasteiger partial charge in [0.15, 0.2) is 0 Å². The van der Waals surface area contributed by atoms with Gasteiger partial charge in [0, 0.05) is 13.1 Å². The quantitative estimate of drug-likeness (QED) is 0.771. The van der Waals surface area contributed by atoms with E-state index in [1.165, 1.54) is 19.3 Å². The van der Waals surface area contributed by atoms with Crippen molar-refractivity contribution in [3.05, 3.63) is 0 Å². The number of hydrogen-bond donors (Lipinski definition) is 2. The summed E-state index contributed by atoms with van der Waals surface area (Å²) < 4.78 is 5.32. The molecule has 1 unspecified atom stereocenters. The van der Waals surface area contributed by atoms with Crippen LogP contribution >= 0.6 is 0 Å². The molecular weight excluding hydrogens is 230 g/mol. The molecule has 2 rings (SSSR count). The lowest BCUT2D eigenvalue weighted by atomic mass is 10.2. The minimum Gasteiger partial charge on any atom is -0.464 e. The van der Waals surface area contributed by atoms with Gasteiger partial charge in [-0.2, -0.15) is 15.0 Å². The lowest BCUT2D eigenvalue weighted by molar-refractivity contribution is 0.312. The molecule has 0 saturated heterocycles. The summed E-state index contributed by atoms with van der Waals surface area (Å²) in [5.74, 6) is 1.98. The number of anilines is 2. The number of ether oxygens (including phenoxy) is 1. The molecular formula is C12H21N5O. The van der Waals surface area contributed by atoms with Gasteiger partial charge in [-0.25, -0.2) is 0 Å². The topological polar surface area (TPSA) is 72.0 Å². The molecule has 0 radical (unpaired) electrons. The van der Waals surface area contributed by atoms with Gasteiger partial charge in [0.1, 0.15) is 0 Å².